The number of carboxylic acids is 1. The first-order valence-corrected chi connectivity index (χ1v) is 6.82. The Kier molecular flexibility index (Phi) is 4.65. The normalized spacial score (nSPS) is 11.4. The number of carbonyl (C=O) groups is 1. The lowest BCUT2D eigenvalue weighted by molar-refractivity contribution is -0.136. The molecule has 94 valence electrons. The predicted molar refractivity (Wildman–Crippen MR) is 62.3 cm³/mol. The Labute approximate surface area is 100 Å². The van der Waals surface area contributed by atoms with Gasteiger partial charge in [-0.2, -0.15) is 8.42 Å². The standard InChI is InChI=1S/C11H14O5S/c1-17(14,15)16-6-5-9-3-2-4-10(7-9)8-11(12)13/h2-4,7H,5-6,8H2,1H3,(H,12,13). The molecule has 0 aliphatic heterocycles. The SMILES string of the molecule is CS(=O)(=O)OCCc1cccc(CC(=O)O)c1. The van der Waals surface area contributed by atoms with Crippen LogP contribution in [0, 0.1) is 0 Å². The lowest BCUT2D eigenvalue weighted by atomic mass is 10.1. The van der Waals surface area contributed by atoms with Gasteiger partial charge in [0.1, 0.15) is 0 Å². The molecule has 0 bridgehead atoms. The van der Waals surface area contributed by atoms with E-state index in [1.54, 1.807) is 24.3 Å². The maximum atomic E-state index is 10.7. The van der Waals surface area contributed by atoms with Crippen LogP contribution in [0.2, 0.25) is 0 Å². The van der Waals surface area contributed by atoms with Crippen LogP contribution in [0.3, 0.4) is 0 Å². The summed E-state index contributed by atoms with van der Waals surface area (Å²) in [6.07, 6.45) is 1.38. The first-order valence-electron chi connectivity index (χ1n) is 5.01. The van der Waals surface area contributed by atoms with E-state index in [1.165, 1.54) is 0 Å². The van der Waals surface area contributed by atoms with Crippen molar-refractivity contribution in [3.63, 3.8) is 0 Å². The number of hydrogen-bond acceptors (Lipinski definition) is 4. The predicted octanol–water partition coefficient (Wildman–Crippen LogP) is 0.832. The van der Waals surface area contributed by atoms with E-state index in [0.717, 1.165) is 11.8 Å². The molecule has 6 heteroatoms. The van der Waals surface area contributed by atoms with Gasteiger partial charge in [-0.25, -0.2) is 0 Å². The second kappa shape index (κ2) is 5.79. The minimum Gasteiger partial charge on any atom is -0.481 e. The van der Waals surface area contributed by atoms with Crippen molar-refractivity contribution >= 4 is 16.1 Å². The molecule has 0 amide bonds. The lowest BCUT2D eigenvalue weighted by Crippen LogP contribution is -2.06. The maximum absolute atomic E-state index is 10.7. The molecular weight excluding hydrogens is 244 g/mol. The largest absolute Gasteiger partial charge is 0.481 e. The molecule has 0 radical (unpaired) electrons. The minimum atomic E-state index is -3.42. The van der Waals surface area contributed by atoms with Crippen LogP contribution in [0.1, 0.15) is 11.1 Å². The molecule has 0 spiro atoms. The Balaban J connectivity index is 2.57. The molecule has 0 saturated carbocycles. The van der Waals surface area contributed by atoms with Crippen LogP contribution in [0.5, 0.6) is 0 Å². The van der Waals surface area contributed by atoms with E-state index in [1.807, 2.05) is 0 Å². The lowest BCUT2D eigenvalue weighted by Gasteiger charge is -2.04. The van der Waals surface area contributed by atoms with Crippen LogP contribution in [-0.4, -0.2) is 32.4 Å². The molecule has 1 N–H and O–H groups in total. The molecular formula is C11H14O5S. The van der Waals surface area contributed by atoms with E-state index >= 15 is 0 Å². The number of rotatable bonds is 6. The summed E-state index contributed by atoms with van der Waals surface area (Å²) in [5.41, 5.74) is 1.54. The van der Waals surface area contributed by atoms with E-state index < -0.39 is 16.1 Å². The van der Waals surface area contributed by atoms with Gasteiger partial charge in [-0.15, -0.1) is 0 Å². The third-order valence-corrected chi connectivity index (χ3v) is 2.63. The molecule has 0 saturated heterocycles. The summed E-state index contributed by atoms with van der Waals surface area (Å²) < 4.78 is 26.1. The second-order valence-electron chi connectivity index (χ2n) is 3.67. The van der Waals surface area contributed by atoms with Crippen molar-refractivity contribution in [3.8, 4) is 0 Å². The summed E-state index contributed by atoms with van der Waals surface area (Å²) >= 11 is 0. The van der Waals surface area contributed by atoms with Crippen LogP contribution in [-0.2, 0) is 31.9 Å². The molecule has 0 atom stereocenters. The molecule has 0 heterocycles. The molecule has 0 aliphatic carbocycles. The molecule has 0 aromatic heterocycles. The van der Waals surface area contributed by atoms with Gasteiger partial charge in [0, 0.05) is 0 Å². The van der Waals surface area contributed by atoms with E-state index in [-0.39, 0.29) is 13.0 Å². The van der Waals surface area contributed by atoms with Gasteiger partial charge in [-0.1, -0.05) is 24.3 Å². The molecule has 1 aromatic rings. The smallest absolute Gasteiger partial charge is 0.307 e. The first kappa shape index (κ1) is 13.7. The van der Waals surface area contributed by atoms with Crippen molar-refractivity contribution in [1.29, 1.82) is 0 Å². The number of carboxylic acid groups (broad SMARTS) is 1. The van der Waals surface area contributed by atoms with Gasteiger partial charge in [-0.05, 0) is 17.5 Å². The van der Waals surface area contributed by atoms with E-state index in [0.29, 0.717) is 12.0 Å². The first-order chi connectivity index (χ1) is 7.87. The fourth-order valence-electron chi connectivity index (χ4n) is 1.38. The van der Waals surface area contributed by atoms with Crippen molar-refractivity contribution in [2.75, 3.05) is 12.9 Å². The Hall–Kier alpha value is -1.40. The monoisotopic (exact) mass is 258 g/mol. The molecule has 17 heavy (non-hydrogen) atoms. The average molecular weight is 258 g/mol. The van der Waals surface area contributed by atoms with Crippen molar-refractivity contribution in [2.45, 2.75) is 12.8 Å². The topological polar surface area (TPSA) is 80.7 Å². The zero-order valence-electron chi connectivity index (χ0n) is 9.42. The summed E-state index contributed by atoms with van der Waals surface area (Å²) in [4.78, 5) is 10.5. The molecule has 5 nitrogen and oxygen atoms in total. The Morgan fingerprint density at radius 2 is 2.00 bits per heavy atom. The van der Waals surface area contributed by atoms with Crippen molar-refractivity contribution in [3.05, 3.63) is 35.4 Å². The van der Waals surface area contributed by atoms with Gasteiger partial charge in [0.05, 0.1) is 19.3 Å². The summed E-state index contributed by atoms with van der Waals surface area (Å²) in [7, 11) is -3.42. The fraction of sp³-hybridized carbons (Fsp3) is 0.364. The van der Waals surface area contributed by atoms with Crippen LogP contribution >= 0.6 is 0 Å². The van der Waals surface area contributed by atoms with Crippen molar-refractivity contribution < 1.29 is 22.5 Å². The Morgan fingerprint density at radius 1 is 1.35 bits per heavy atom. The average Bonchev–Trinajstić information content (AvgIpc) is 2.15. The van der Waals surface area contributed by atoms with Crippen LogP contribution in [0.25, 0.3) is 0 Å². The number of benzene rings is 1. The highest BCUT2D eigenvalue weighted by molar-refractivity contribution is 7.85. The van der Waals surface area contributed by atoms with Gasteiger partial charge in [0.25, 0.3) is 10.1 Å². The number of aliphatic carboxylic acids is 1. The van der Waals surface area contributed by atoms with E-state index in [9.17, 15) is 13.2 Å². The fourth-order valence-corrected chi connectivity index (χ4v) is 1.77. The summed E-state index contributed by atoms with van der Waals surface area (Å²) in [5.74, 6) is -0.894. The molecule has 1 rings (SSSR count). The zero-order valence-corrected chi connectivity index (χ0v) is 10.2. The summed E-state index contributed by atoms with van der Waals surface area (Å²) in [5, 5.41) is 8.64. The van der Waals surface area contributed by atoms with Gasteiger partial charge in [-0.3, -0.25) is 8.98 Å². The van der Waals surface area contributed by atoms with Crippen molar-refractivity contribution in [2.24, 2.45) is 0 Å². The maximum Gasteiger partial charge on any atom is 0.307 e. The highest BCUT2D eigenvalue weighted by atomic mass is 32.2. The van der Waals surface area contributed by atoms with Crippen LogP contribution in [0.4, 0.5) is 0 Å². The van der Waals surface area contributed by atoms with E-state index in [4.69, 9.17) is 5.11 Å². The third kappa shape index (κ3) is 6.03. The minimum absolute atomic E-state index is 0.0409. The van der Waals surface area contributed by atoms with Crippen molar-refractivity contribution in [1.82, 2.24) is 0 Å². The Morgan fingerprint density at radius 3 is 2.59 bits per heavy atom. The second-order valence-corrected chi connectivity index (χ2v) is 5.31. The third-order valence-electron chi connectivity index (χ3n) is 2.03. The van der Waals surface area contributed by atoms with E-state index in [2.05, 4.69) is 4.18 Å². The molecule has 0 aliphatic rings. The van der Waals surface area contributed by atoms with Crippen LogP contribution in [0.15, 0.2) is 24.3 Å². The van der Waals surface area contributed by atoms with Gasteiger partial charge < -0.3 is 5.11 Å². The zero-order chi connectivity index (χ0) is 12.9. The number of hydrogen-bond donors (Lipinski definition) is 1. The van der Waals surface area contributed by atoms with Gasteiger partial charge in [0.2, 0.25) is 0 Å². The van der Waals surface area contributed by atoms with Crippen LogP contribution < -0.4 is 0 Å². The Bertz CT molecular complexity index is 492. The highest BCUT2D eigenvalue weighted by Gasteiger charge is 2.04. The van der Waals surface area contributed by atoms with Gasteiger partial charge in [0.15, 0.2) is 0 Å². The summed E-state index contributed by atoms with van der Waals surface area (Å²) in [6, 6.07) is 7.00. The highest BCUT2D eigenvalue weighted by Crippen LogP contribution is 2.07. The molecule has 0 fully saturated rings. The molecule has 1 aromatic carbocycles. The molecule has 0 unspecified atom stereocenters. The van der Waals surface area contributed by atoms with Gasteiger partial charge >= 0.3 is 5.97 Å². The quantitative estimate of drug-likeness (QED) is 0.764. The summed E-state index contributed by atoms with van der Waals surface area (Å²) in [6.45, 7) is 0.0648.